The number of rotatable bonds is 5. The summed E-state index contributed by atoms with van der Waals surface area (Å²) in [6, 6.07) is 25.7. The minimum atomic E-state index is -0.266. The van der Waals surface area contributed by atoms with Crippen LogP contribution in [0.5, 0.6) is 0 Å². The van der Waals surface area contributed by atoms with E-state index in [2.05, 4.69) is 10.2 Å². The van der Waals surface area contributed by atoms with Gasteiger partial charge in [0.15, 0.2) is 5.82 Å². The average molecular weight is 388 g/mol. The maximum Gasteiger partial charge on any atom is 0.172 e. The van der Waals surface area contributed by atoms with Gasteiger partial charge in [-0.25, -0.2) is 9.38 Å². The van der Waals surface area contributed by atoms with Crippen LogP contribution >= 0.6 is 0 Å². The van der Waals surface area contributed by atoms with Crippen molar-refractivity contribution in [2.75, 3.05) is 25.0 Å². The Kier molecular flexibility index (Phi) is 6.01. The van der Waals surface area contributed by atoms with E-state index in [0.717, 1.165) is 42.8 Å². The Balaban J connectivity index is 1.75. The lowest BCUT2D eigenvalue weighted by molar-refractivity contribution is 0.440. The zero-order valence-corrected chi connectivity index (χ0v) is 16.7. The molecule has 4 rings (SSSR count). The average Bonchev–Trinajstić information content (AvgIpc) is 2.80. The monoisotopic (exact) mass is 387 g/mol. The van der Waals surface area contributed by atoms with Crippen LogP contribution in [0.25, 0.3) is 0 Å². The molecule has 0 spiro atoms. The predicted octanol–water partition coefficient (Wildman–Crippen LogP) is 5.18. The third-order valence-corrected chi connectivity index (χ3v) is 5.52. The first-order valence-corrected chi connectivity index (χ1v) is 10.2. The van der Waals surface area contributed by atoms with Crippen LogP contribution in [0, 0.1) is 5.82 Å². The van der Waals surface area contributed by atoms with Crippen molar-refractivity contribution in [1.29, 1.82) is 0 Å². The first-order valence-electron chi connectivity index (χ1n) is 10.2. The Bertz CT molecular complexity index is 922. The van der Waals surface area contributed by atoms with Gasteiger partial charge in [0.25, 0.3) is 0 Å². The van der Waals surface area contributed by atoms with Gasteiger partial charge >= 0.3 is 0 Å². The van der Waals surface area contributed by atoms with Crippen LogP contribution in [-0.4, -0.2) is 31.9 Å². The summed E-state index contributed by atoms with van der Waals surface area (Å²) in [6.45, 7) is 1.95. The summed E-state index contributed by atoms with van der Waals surface area (Å²) >= 11 is 0. The molecule has 3 aromatic carbocycles. The fraction of sp³-hybridized carbons (Fsp3) is 0.240. The van der Waals surface area contributed by atoms with Crippen LogP contribution in [-0.2, 0) is 0 Å². The van der Waals surface area contributed by atoms with E-state index in [4.69, 9.17) is 4.99 Å². The van der Waals surface area contributed by atoms with E-state index in [-0.39, 0.29) is 5.82 Å². The summed E-state index contributed by atoms with van der Waals surface area (Å²) < 4.78 is 15.5. The third kappa shape index (κ3) is 4.38. The summed E-state index contributed by atoms with van der Waals surface area (Å²) in [7, 11) is 1.98. The van der Waals surface area contributed by atoms with Crippen LogP contribution in [0.15, 0.2) is 83.9 Å². The van der Waals surface area contributed by atoms with E-state index in [9.17, 15) is 0 Å². The number of halogens is 1. The van der Waals surface area contributed by atoms with Crippen molar-refractivity contribution < 1.29 is 4.39 Å². The Morgan fingerprint density at radius 3 is 2.03 bits per heavy atom. The zero-order chi connectivity index (χ0) is 20.1. The molecule has 3 nitrogen and oxygen atoms in total. The normalized spacial score (nSPS) is 14.4. The van der Waals surface area contributed by atoms with Crippen molar-refractivity contribution in [2.24, 2.45) is 4.99 Å². The van der Waals surface area contributed by atoms with Gasteiger partial charge in [-0.1, -0.05) is 66.7 Å². The second kappa shape index (κ2) is 9.01. The summed E-state index contributed by atoms with van der Waals surface area (Å²) in [5, 5.41) is 3.37. The van der Waals surface area contributed by atoms with Crippen molar-refractivity contribution in [2.45, 2.75) is 18.9 Å². The minimum absolute atomic E-state index is 0.266. The van der Waals surface area contributed by atoms with Crippen LogP contribution in [0.3, 0.4) is 0 Å². The Labute approximate surface area is 171 Å². The molecule has 0 atom stereocenters. The molecule has 4 heteroatoms. The molecule has 1 aliphatic rings. The van der Waals surface area contributed by atoms with Crippen LogP contribution in [0.1, 0.15) is 24.0 Å². The highest BCUT2D eigenvalue weighted by molar-refractivity contribution is 6.14. The van der Waals surface area contributed by atoms with E-state index in [1.54, 1.807) is 6.07 Å². The van der Waals surface area contributed by atoms with Crippen molar-refractivity contribution in [3.63, 3.8) is 0 Å². The molecule has 0 amide bonds. The van der Waals surface area contributed by atoms with Gasteiger partial charge in [0.1, 0.15) is 5.69 Å². The van der Waals surface area contributed by atoms with Crippen LogP contribution in [0.2, 0.25) is 0 Å². The smallest absolute Gasteiger partial charge is 0.172 e. The Morgan fingerprint density at radius 2 is 1.45 bits per heavy atom. The van der Waals surface area contributed by atoms with Gasteiger partial charge in [-0.3, -0.25) is 0 Å². The highest BCUT2D eigenvalue weighted by atomic mass is 19.1. The quantitative estimate of drug-likeness (QED) is 0.611. The van der Waals surface area contributed by atoms with E-state index < -0.39 is 0 Å². The van der Waals surface area contributed by atoms with E-state index in [0.29, 0.717) is 17.4 Å². The molecule has 1 aliphatic heterocycles. The molecular formula is C25H26FN3. The maximum absolute atomic E-state index is 15.5. The van der Waals surface area contributed by atoms with E-state index in [1.807, 2.05) is 79.8 Å². The highest BCUT2D eigenvalue weighted by Gasteiger charge is 2.21. The summed E-state index contributed by atoms with van der Waals surface area (Å²) in [5.41, 5.74) is 3.68. The second-order valence-electron chi connectivity index (χ2n) is 7.39. The number of nitrogens with zero attached hydrogens (tertiary/aromatic N) is 2. The lowest BCUT2D eigenvalue weighted by Crippen LogP contribution is -2.41. The molecule has 0 saturated carbocycles. The number of hydrogen-bond acceptors (Lipinski definition) is 3. The van der Waals surface area contributed by atoms with Gasteiger partial charge in [-0.05, 0) is 38.1 Å². The standard InChI is InChI=1S/C25H26FN3/c1-29(21-15-17-27-18-16-21)23-14-8-13-22(24(23)26)28-25(19-9-4-2-5-10-19)20-11-6-3-7-12-20/h2-14,21,27H,15-18H2,1H3. The number of benzene rings is 3. The molecule has 148 valence electrons. The van der Waals surface area contributed by atoms with E-state index >= 15 is 4.39 Å². The van der Waals surface area contributed by atoms with Crippen molar-refractivity contribution in [1.82, 2.24) is 5.32 Å². The lowest BCUT2D eigenvalue weighted by atomic mass is 10.0. The molecule has 1 fully saturated rings. The van der Waals surface area contributed by atoms with Gasteiger partial charge in [0.2, 0.25) is 0 Å². The fourth-order valence-corrected chi connectivity index (χ4v) is 3.87. The molecular weight excluding hydrogens is 361 g/mol. The first kappa shape index (κ1) is 19.3. The number of hydrogen-bond donors (Lipinski definition) is 1. The van der Waals surface area contributed by atoms with Gasteiger partial charge in [0.05, 0.1) is 11.4 Å². The molecule has 29 heavy (non-hydrogen) atoms. The molecule has 0 bridgehead atoms. The van der Waals surface area contributed by atoms with Gasteiger partial charge in [-0.15, -0.1) is 0 Å². The zero-order valence-electron chi connectivity index (χ0n) is 16.7. The van der Waals surface area contributed by atoms with Gasteiger partial charge in [0, 0.05) is 24.2 Å². The van der Waals surface area contributed by atoms with Gasteiger partial charge in [-0.2, -0.15) is 0 Å². The molecule has 0 radical (unpaired) electrons. The molecule has 0 aromatic heterocycles. The van der Waals surface area contributed by atoms with Crippen LogP contribution < -0.4 is 10.2 Å². The summed E-state index contributed by atoms with van der Waals surface area (Å²) in [4.78, 5) is 6.86. The molecule has 1 heterocycles. The first-order chi connectivity index (χ1) is 14.2. The predicted molar refractivity (Wildman–Crippen MR) is 119 cm³/mol. The molecule has 1 N–H and O–H groups in total. The van der Waals surface area contributed by atoms with Crippen molar-refractivity contribution >= 4 is 17.1 Å². The van der Waals surface area contributed by atoms with Crippen molar-refractivity contribution in [3.05, 3.63) is 95.8 Å². The summed E-state index contributed by atoms with van der Waals surface area (Å²) in [5.74, 6) is -0.266. The minimum Gasteiger partial charge on any atom is -0.369 e. The largest absolute Gasteiger partial charge is 0.369 e. The third-order valence-electron chi connectivity index (χ3n) is 5.52. The van der Waals surface area contributed by atoms with E-state index in [1.165, 1.54) is 0 Å². The molecule has 0 unspecified atom stereocenters. The number of aliphatic imine (C=N–C) groups is 1. The SMILES string of the molecule is CN(c1cccc(N=C(c2ccccc2)c2ccccc2)c1F)C1CCNCC1. The van der Waals surface area contributed by atoms with Crippen molar-refractivity contribution in [3.8, 4) is 0 Å². The molecule has 0 aliphatic carbocycles. The lowest BCUT2D eigenvalue weighted by Gasteiger charge is -2.33. The van der Waals surface area contributed by atoms with Crippen LogP contribution in [0.4, 0.5) is 15.8 Å². The topological polar surface area (TPSA) is 27.6 Å². The second-order valence-corrected chi connectivity index (χ2v) is 7.39. The number of nitrogens with one attached hydrogen (secondary N) is 1. The number of anilines is 1. The maximum atomic E-state index is 15.5. The van der Waals surface area contributed by atoms with Gasteiger partial charge < -0.3 is 10.2 Å². The highest BCUT2D eigenvalue weighted by Crippen LogP contribution is 2.31. The molecule has 1 saturated heterocycles. The Hall–Kier alpha value is -2.98. The molecule has 3 aromatic rings. The Morgan fingerprint density at radius 1 is 0.862 bits per heavy atom. The number of piperidine rings is 1. The summed E-state index contributed by atoms with van der Waals surface area (Å²) in [6.07, 6.45) is 2.03. The fourth-order valence-electron chi connectivity index (χ4n) is 3.87.